The first-order valence-corrected chi connectivity index (χ1v) is 7.16. The second-order valence-electron chi connectivity index (χ2n) is 4.30. The van der Waals surface area contributed by atoms with E-state index in [1.807, 2.05) is 11.2 Å². The van der Waals surface area contributed by atoms with Gasteiger partial charge in [0.05, 0.1) is 18.8 Å². The van der Waals surface area contributed by atoms with Crippen molar-refractivity contribution in [2.24, 2.45) is 0 Å². The highest BCUT2D eigenvalue weighted by molar-refractivity contribution is 7.98. The standard InChI is InChI=1S/C11H22N2O2S/c1-4-11(2)9-13(6-7-15-11)10(14)12-5-8-16-3/h4-9H2,1-3H3,(H,12,14)/t11-/m1/s1. The van der Waals surface area contributed by atoms with Gasteiger partial charge in [-0.3, -0.25) is 0 Å². The number of rotatable bonds is 4. The lowest BCUT2D eigenvalue weighted by Gasteiger charge is -2.39. The molecule has 0 aliphatic carbocycles. The Morgan fingerprint density at radius 3 is 3.00 bits per heavy atom. The fourth-order valence-corrected chi connectivity index (χ4v) is 2.00. The van der Waals surface area contributed by atoms with E-state index in [0.29, 0.717) is 19.7 Å². The molecule has 0 aromatic heterocycles. The molecule has 0 aromatic carbocycles. The molecule has 1 aliphatic heterocycles. The van der Waals surface area contributed by atoms with E-state index in [4.69, 9.17) is 4.74 Å². The van der Waals surface area contributed by atoms with E-state index in [0.717, 1.165) is 18.7 Å². The van der Waals surface area contributed by atoms with E-state index in [1.165, 1.54) is 0 Å². The van der Waals surface area contributed by atoms with Crippen LogP contribution < -0.4 is 5.32 Å². The lowest BCUT2D eigenvalue weighted by Crippen LogP contribution is -2.54. The van der Waals surface area contributed by atoms with Crippen molar-refractivity contribution in [1.82, 2.24) is 10.2 Å². The van der Waals surface area contributed by atoms with E-state index in [2.05, 4.69) is 19.2 Å². The first-order valence-electron chi connectivity index (χ1n) is 5.77. The Labute approximate surface area is 102 Å². The monoisotopic (exact) mass is 246 g/mol. The molecule has 0 saturated carbocycles. The third-order valence-corrected chi connectivity index (χ3v) is 3.57. The van der Waals surface area contributed by atoms with E-state index in [1.54, 1.807) is 11.8 Å². The highest BCUT2D eigenvalue weighted by Crippen LogP contribution is 2.20. The fraction of sp³-hybridized carbons (Fsp3) is 0.909. The van der Waals surface area contributed by atoms with Crippen LogP contribution in [0.3, 0.4) is 0 Å². The third-order valence-electron chi connectivity index (χ3n) is 2.95. The van der Waals surface area contributed by atoms with Crippen LogP contribution in [0.5, 0.6) is 0 Å². The van der Waals surface area contributed by atoms with E-state index in [9.17, 15) is 4.79 Å². The number of morpholine rings is 1. The molecule has 2 amide bonds. The summed E-state index contributed by atoms with van der Waals surface area (Å²) in [6, 6.07) is 0.0389. The van der Waals surface area contributed by atoms with Gasteiger partial charge in [-0.15, -0.1) is 0 Å². The van der Waals surface area contributed by atoms with Crippen molar-refractivity contribution in [3.8, 4) is 0 Å². The minimum atomic E-state index is -0.172. The lowest BCUT2D eigenvalue weighted by molar-refractivity contribution is -0.0872. The third kappa shape index (κ3) is 3.87. The molecule has 1 atom stereocenters. The van der Waals surface area contributed by atoms with Crippen molar-refractivity contribution in [2.45, 2.75) is 25.9 Å². The second kappa shape index (κ2) is 6.35. The van der Waals surface area contributed by atoms with Crippen molar-refractivity contribution in [2.75, 3.05) is 38.2 Å². The second-order valence-corrected chi connectivity index (χ2v) is 5.28. The molecular formula is C11H22N2O2S. The molecule has 0 unspecified atom stereocenters. The Morgan fingerprint density at radius 2 is 2.38 bits per heavy atom. The molecule has 0 bridgehead atoms. The summed E-state index contributed by atoms with van der Waals surface area (Å²) in [6.45, 7) is 6.92. The maximum absolute atomic E-state index is 11.8. The zero-order valence-electron chi connectivity index (χ0n) is 10.4. The zero-order chi connectivity index (χ0) is 12.0. The highest BCUT2D eigenvalue weighted by atomic mass is 32.2. The number of carbonyl (C=O) groups excluding carboxylic acids is 1. The van der Waals surface area contributed by atoms with Gasteiger partial charge in [0.15, 0.2) is 0 Å². The van der Waals surface area contributed by atoms with Crippen LogP contribution in [0.25, 0.3) is 0 Å². The molecule has 4 nitrogen and oxygen atoms in total. The van der Waals surface area contributed by atoms with Crippen molar-refractivity contribution in [1.29, 1.82) is 0 Å². The maximum Gasteiger partial charge on any atom is 0.317 e. The van der Waals surface area contributed by atoms with Gasteiger partial charge < -0.3 is 15.0 Å². The van der Waals surface area contributed by atoms with Gasteiger partial charge in [0.1, 0.15) is 0 Å². The van der Waals surface area contributed by atoms with Gasteiger partial charge in [0.2, 0.25) is 0 Å². The number of nitrogens with one attached hydrogen (secondary N) is 1. The average molecular weight is 246 g/mol. The molecule has 1 aliphatic rings. The number of nitrogens with zero attached hydrogens (tertiary/aromatic N) is 1. The van der Waals surface area contributed by atoms with E-state index in [-0.39, 0.29) is 11.6 Å². The predicted octanol–water partition coefficient (Wildman–Crippen LogP) is 1.56. The number of thioether (sulfide) groups is 1. The topological polar surface area (TPSA) is 41.6 Å². The van der Waals surface area contributed by atoms with Crippen LogP contribution in [0.4, 0.5) is 4.79 Å². The van der Waals surface area contributed by atoms with Gasteiger partial charge in [0.25, 0.3) is 0 Å². The van der Waals surface area contributed by atoms with Crippen LogP contribution in [-0.4, -0.2) is 54.8 Å². The molecule has 16 heavy (non-hydrogen) atoms. The Hall–Kier alpha value is -0.420. The largest absolute Gasteiger partial charge is 0.372 e. The number of carbonyl (C=O) groups is 1. The van der Waals surface area contributed by atoms with Gasteiger partial charge in [-0.2, -0.15) is 11.8 Å². The van der Waals surface area contributed by atoms with Crippen molar-refractivity contribution < 1.29 is 9.53 Å². The summed E-state index contributed by atoms with van der Waals surface area (Å²) < 4.78 is 5.69. The molecule has 1 heterocycles. The predicted molar refractivity (Wildman–Crippen MR) is 68.0 cm³/mol. The summed E-state index contributed by atoms with van der Waals surface area (Å²) in [7, 11) is 0. The normalized spacial score (nSPS) is 25.6. The van der Waals surface area contributed by atoms with Gasteiger partial charge in [-0.1, -0.05) is 6.92 Å². The Kier molecular flexibility index (Phi) is 5.41. The molecule has 1 N–H and O–H groups in total. The van der Waals surface area contributed by atoms with Gasteiger partial charge >= 0.3 is 6.03 Å². The maximum atomic E-state index is 11.8. The van der Waals surface area contributed by atoms with Crippen LogP contribution in [0.1, 0.15) is 20.3 Å². The average Bonchev–Trinajstić information content (AvgIpc) is 2.29. The number of hydrogen-bond donors (Lipinski definition) is 1. The van der Waals surface area contributed by atoms with Gasteiger partial charge in [-0.05, 0) is 19.6 Å². The van der Waals surface area contributed by atoms with E-state index < -0.39 is 0 Å². The molecule has 0 spiro atoms. The molecule has 94 valence electrons. The fourth-order valence-electron chi connectivity index (χ4n) is 1.69. The van der Waals surface area contributed by atoms with Gasteiger partial charge in [-0.25, -0.2) is 4.79 Å². The minimum Gasteiger partial charge on any atom is -0.372 e. The molecule has 1 saturated heterocycles. The first-order chi connectivity index (χ1) is 7.61. The highest BCUT2D eigenvalue weighted by Gasteiger charge is 2.32. The summed E-state index contributed by atoms with van der Waals surface area (Å²) in [5, 5.41) is 2.93. The zero-order valence-corrected chi connectivity index (χ0v) is 11.2. The summed E-state index contributed by atoms with van der Waals surface area (Å²) in [4.78, 5) is 13.7. The molecule has 0 aromatic rings. The van der Waals surface area contributed by atoms with Crippen molar-refractivity contribution >= 4 is 17.8 Å². The Bertz CT molecular complexity index is 238. The molecule has 1 rings (SSSR count). The molecule has 5 heteroatoms. The summed E-state index contributed by atoms with van der Waals surface area (Å²) >= 11 is 1.74. The molecule has 1 fully saturated rings. The summed E-state index contributed by atoms with van der Waals surface area (Å²) in [5.74, 6) is 0.959. The lowest BCUT2D eigenvalue weighted by atomic mass is 10.0. The van der Waals surface area contributed by atoms with Gasteiger partial charge in [0, 0.05) is 18.8 Å². The smallest absolute Gasteiger partial charge is 0.317 e. The summed E-state index contributed by atoms with van der Waals surface area (Å²) in [5.41, 5.74) is -0.172. The Morgan fingerprint density at radius 1 is 1.62 bits per heavy atom. The number of urea groups is 1. The quantitative estimate of drug-likeness (QED) is 0.765. The number of amides is 2. The van der Waals surface area contributed by atoms with Crippen LogP contribution in [-0.2, 0) is 4.74 Å². The van der Waals surface area contributed by atoms with Crippen molar-refractivity contribution in [3.05, 3.63) is 0 Å². The van der Waals surface area contributed by atoms with Crippen LogP contribution in [0.2, 0.25) is 0 Å². The van der Waals surface area contributed by atoms with Crippen LogP contribution in [0, 0.1) is 0 Å². The van der Waals surface area contributed by atoms with Crippen LogP contribution >= 0.6 is 11.8 Å². The molecule has 0 radical (unpaired) electrons. The first kappa shape index (κ1) is 13.6. The number of hydrogen-bond acceptors (Lipinski definition) is 3. The Balaban J connectivity index is 2.38. The SMILES string of the molecule is CC[C@]1(C)CN(C(=O)NCCSC)CCO1. The summed E-state index contributed by atoms with van der Waals surface area (Å²) in [6.07, 6.45) is 2.97. The molecular weight excluding hydrogens is 224 g/mol. The van der Waals surface area contributed by atoms with Crippen LogP contribution in [0.15, 0.2) is 0 Å². The minimum absolute atomic E-state index is 0.0389. The number of ether oxygens (including phenoxy) is 1. The van der Waals surface area contributed by atoms with E-state index >= 15 is 0 Å². The van der Waals surface area contributed by atoms with Crippen molar-refractivity contribution in [3.63, 3.8) is 0 Å².